The summed E-state index contributed by atoms with van der Waals surface area (Å²) >= 11 is 3.43. The molecule has 1 N–H and O–H groups in total. The number of fused-ring (bicyclic) bond motifs is 1. The van der Waals surface area contributed by atoms with Gasteiger partial charge in [0, 0.05) is 30.4 Å². The summed E-state index contributed by atoms with van der Waals surface area (Å²) in [6.07, 6.45) is 1.80. The molecule has 0 radical (unpaired) electrons. The van der Waals surface area contributed by atoms with E-state index in [4.69, 9.17) is 9.47 Å². The van der Waals surface area contributed by atoms with Crippen molar-refractivity contribution in [2.24, 2.45) is 0 Å². The van der Waals surface area contributed by atoms with Gasteiger partial charge in [0.25, 0.3) is 5.79 Å². The van der Waals surface area contributed by atoms with Crippen molar-refractivity contribution >= 4 is 15.9 Å². The van der Waals surface area contributed by atoms with Gasteiger partial charge in [-0.25, -0.2) is 0 Å². The minimum atomic E-state index is -0.408. The predicted molar refractivity (Wildman–Crippen MR) is 60.2 cm³/mol. The molecule has 0 aliphatic carbocycles. The molecule has 1 saturated heterocycles. The largest absolute Gasteiger partial charge is 0.448 e. The standard InChI is InChI=1S/C11H12BrNO2/c12-8-1-2-9-10(7-8)15-11(14-9)3-5-13-6-4-11/h1-2,7,13H,3-6H2. The molecule has 1 fully saturated rings. The van der Waals surface area contributed by atoms with Crippen LogP contribution in [0.4, 0.5) is 0 Å². The van der Waals surface area contributed by atoms with E-state index in [-0.39, 0.29) is 0 Å². The molecule has 80 valence electrons. The van der Waals surface area contributed by atoms with E-state index in [0.717, 1.165) is 41.9 Å². The fraction of sp³-hybridized carbons (Fsp3) is 0.455. The Kier molecular flexibility index (Phi) is 2.14. The van der Waals surface area contributed by atoms with Gasteiger partial charge in [0.2, 0.25) is 0 Å². The highest BCUT2D eigenvalue weighted by Gasteiger charge is 2.42. The second-order valence-electron chi connectivity index (χ2n) is 3.96. The number of hydrogen-bond donors (Lipinski definition) is 1. The Hall–Kier alpha value is -0.740. The Balaban J connectivity index is 1.90. The number of benzene rings is 1. The van der Waals surface area contributed by atoms with E-state index in [1.165, 1.54) is 0 Å². The molecule has 3 nitrogen and oxygen atoms in total. The van der Waals surface area contributed by atoms with Gasteiger partial charge in [-0.2, -0.15) is 0 Å². The van der Waals surface area contributed by atoms with E-state index in [1.807, 2.05) is 18.2 Å². The smallest absolute Gasteiger partial charge is 0.254 e. The Labute approximate surface area is 96.9 Å². The van der Waals surface area contributed by atoms with Crippen LogP contribution in [0.3, 0.4) is 0 Å². The molecule has 4 heteroatoms. The van der Waals surface area contributed by atoms with Gasteiger partial charge in [-0.15, -0.1) is 0 Å². The van der Waals surface area contributed by atoms with Gasteiger partial charge in [0.05, 0.1) is 0 Å². The van der Waals surface area contributed by atoms with Crippen LogP contribution in [0.2, 0.25) is 0 Å². The Morgan fingerprint density at radius 2 is 1.87 bits per heavy atom. The summed E-state index contributed by atoms with van der Waals surface area (Å²) < 4.78 is 12.9. The van der Waals surface area contributed by atoms with Crippen LogP contribution in [0.1, 0.15) is 12.8 Å². The summed E-state index contributed by atoms with van der Waals surface area (Å²) in [5, 5.41) is 3.30. The average molecular weight is 270 g/mol. The van der Waals surface area contributed by atoms with Crippen molar-refractivity contribution in [3.63, 3.8) is 0 Å². The number of halogens is 1. The minimum Gasteiger partial charge on any atom is -0.448 e. The van der Waals surface area contributed by atoms with Gasteiger partial charge in [-0.1, -0.05) is 15.9 Å². The summed E-state index contributed by atoms with van der Waals surface area (Å²) in [5.41, 5.74) is 0. The number of ether oxygens (including phenoxy) is 2. The zero-order valence-electron chi connectivity index (χ0n) is 8.25. The number of piperidine rings is 1. The van der Waals surface area contributed by atoms with E-state index >= 15 is 0 Å². The quantitative estimate of drug-likeness (QED) is 0.784. The molecule has 0 atom stereocenters. The zero-order chi connectivity index (χ0) is 10.3. The normalized spacial score (nSPS) is 21.9. The number of hydrogen-bond acceptors (Lipinski definition) is 3. The lowest BCUT2D eigenvalue weighted by atomic mass is 10.1. The van der Waals surface area contributed by atoms with E-state index in [2.05, 4.69) is 21.2 Å². The maximum Gasteiger partial charge on any atom is 0.254 e. The lowest BCUT2D eigenvalue weighted by Gasteiger charge is -2.31. The third-order valence-electron chi connectivity index (χ3n) is 2.86. The van der Waals surface area contributed by atoms with Crippen molar-refractivity contribution in [2.45, 2.75) is 18.6 Å². The maximum absolute atomic E-state index is 5.92. The van der Waals surface area contributed by atoms with E-state index in [9.17, 15) is 0 Å². The van der Waals surface area contributed by atoms with Gasteiger partial charge < -0.3 is 14.8 Å². The number of nitrogens with one attached hydrogen (secondary N) is 1. The summed E-state index contributed by atoms with van der Waals surface area (Å²) in [7, 11) is 0. The van der Waals surface area contributed by atoms with Crippen molar-refractivity contribution in [2.75, 3.05) is 13.1 Å². The molecule has 2 heterocycles. The maximum atomic E-state index is 5.92. The monoisotopic (exact) mass is 269 g/mol. The average Bonchev–Trinajstić information content (AvgIpc) is 2.56. The first-order valence-corrected chi connectivity index (χ1v) is 5.95. The molecule has 0 bridgehead atoms. The van der Waals surface area contributed by atoms with E-state index in [0.29, 0.717) is 0 Å². The van der Waals surface area contributed by atoms with Crippen molar-refractivity contribution < 1.29 is 9.47 Å². The van der Waals surface area contributed by atoms with E-state index in [1.54, 1.807) is 0 Å². The molecule has 1 aromatic carbocycles. The second-order valence-corrected chi connectivity index (χ2v) is 4.87. The molecule has 0 unspecified atom stereocenters. The summed E-state index contributed by atoms with van der Waals surface area (Å²) in [4.78, 5) is 0. The molecule has 1 spiro atoms. The molecule has 0 aromatic heterocycles. The zero-order valence-corrected chi connectivity index (χ0v) is 9.84. The summed E-state index contributed by atoms with van der Waals surface area (Å²) in [6.45, 7) is 1.91. The van der Waals surface area contributed by atoms with Crippen molar-refractivity contribution in [3.05, 3.63) is 22.7 Å². The van der Waals surface area contributed by atoms with Gasteiger partial charge in [-0.05, 0) is 18.2 Å². The Morgan fingerprint density at radius 1 is 1.13 bits per heavy atom. The molecule has 3 rings (SSSR count). The molecular formula is C11H12BrNO2. The van der Waals surface area contributed by atoms with Crippen LogP contribution >= 0.6 is 15.9 Å². The molecule has 1 aromatic rings. The topological polar surface area (TPSA) is 30.5 Å². The number of rotatable bonds is 0. The minimum absolute atomic E-state index is 0.408. The van der Waals surface area contributed by atoms with Crippen molar-refractivity contribution in [3.8, 4) is 11.5 Å². The molecule has 0 saturated carbocycles. The summed E-state index contributed by atoms with van der Waals surface area (Å²) in [6, 6.07) is 5.89. The highest BCUT2D eigenvalue weighted by Crippen LogP contribution is 2.43. The molecular weight excluding hydrogens is 258 g/mol. The Morgan fingerprint density at radius 3 is 2.67 bits per heavy atom. The first kappa shape index (κ1) is 9.48. The highest BCUT2D eigenvalue weighted by molar-refractivity contribution is 9.10. The van der Waals surface area contributed by atoms with Crippen LogP contribution in [0.15, 0.2) is 22.7 Å². The van der Waals surface area contributed by atoms with Crippen LogP contribution in [-0.4, -0.2) is 18.9 Å². The van der Waals surface area contributed by atoms with Gasteiger partial charge in [-0.3, -0.25) is 0 Å². The van der Waals surface area contributed by atoms with Crippen LogP contribution in [0.25, 0.3) is 0 Å². The second kappa shape index (κ2) is 3.39. The van der Waals surface area contributed by atoms with E-state index < -0.39 is 5.79 Å². The fourth-order valence-electron chi connectivity index (χ4n) is 2.08. The van der Waals surface area contributed by atoms with Gasteiger partial charge in [0.15, 0.2) is 11.5 Å². The van der Waals surface area contributed by atoms with Gasteiger partial charge >= 0.3 is 0 Å². The molecule has 2 aliphatic heterocycles. The third-order valence-corrected chi connectivity index (χ3v) is 3.36. The first-order chi connectivity index (χ1) is 7.27. The lowest BCUT2D eigenvalue weighted by Crippen LogP contribution is -2.48. The van der Waals surface area contributed by atoms with Crippen LogP contribution in [0, 0.1) is 0 Å². The lowest BCUT2D eigenvalue weighted by molar-refractivity contribution is -0.0998. The predicted octanol–water partition coefficient (Wildman–Crippen LogP) is 2.30. The highest BCUT2D eigenvalue weighted by atomic mass is 79.9. The third kappa shape index (κ3) is 1.62. The van der Waals surface area contributed by atoms with Crippen LogP contribution in [0.5, 0.6) is 11.5 Å². The van der Waals surface area contributed by atoms with Crippen molar-refractivity contribution in [1.29, 1.82) is 0 Å². The molecule has 15 heavy (non-hydrogen) atoms. The SMILES string of the molecule is Brc1ccc2c(c1)OC1(CCNCC1)O2. The van der Waals surface area contributed by atoms with Crippen molar-refractivity contribution in [1.82, 2.24) is 5.32 Å². The molecule has 2 aliphatic rings. The van der Waals surface area contributed by atoms with Gasteiger partial charge in [0.1, 0.15) is 0 Å². The molecule has 0 amide bonds. The van der Waals surface area contributed by atoms with Crippen LogP contribution < -0.4 is 14.8 Å². The Bertz CT molecular complexity index is 388. The first-order valence-electron chi connectivity index (χ1n) is 5.16. The fourth-order valence-corrected chi connectivity index (χ4v) is 2.42. The summed E-state index contributed by atoms with van der Waals surface area (Å²) in [5.74, 6) is 1.31. The van der Waals surface area contributed by atoms with Crippen LogP contribution in [-0.2, 0) is 0 Å².